The van der Waals surface area contributed by atoms with E-state index in [0.29, 0.717) is 12.1 Å². The first kappa shape index (κ1) is 16.2. The zero-order chi connectivity index (χ0) is 15.2. The number of amides is 1. The Labute approximate surface area is 119 Å². The largest absolute Gasteiger partial charge is 0.352 e. The van der Waals surface area contributed by atoms with Gasteiger partial charge in [-0.2, -0.15) is 0 Å². The summed E-state index contributed by atoms with van der Waals surface area (Å²) in [6.45, 7) is 7.01. The van der Waals surface area contributed by atoms with Crippen LogP contribution in [0.15, 0.2) is 18.2 Å². The summed E-state index contributed by atoms with van der Waals surface area (Å²) in [5.74, 6) is 4.40. The maximum atomic E-state index is 13.8. The molecule has 0 saturated carbocycles. The molecule has 3 nitrogen and oxygen atoms in total. The Morgan fingerprint density at radius 3 is 2.65 bits per heavy atom. The molecule has 0 aliphatic heterocycles. The van der Waals surface area contributed by atoms with Gasteiger partial charge < -0.3 is 11.1 Å². The van der Waals surface area contributed by atoms with Crippen LogP contribution in [0.3, 0.4) is 0 Å². The second kappa shape index (κ2) is 7.06. The number of hydrogen-bond donors (Lipinski definition) is 2. The predicted molar refractivity (Wildman–Crippen MR) is 78.7 cm³/mol. The molecule has 0 fully saturated rings. The summed E-state index contributed by atoms with van der Waals surface area (Å²) >= 11 is 0. The number of carbonyl (C=O) groups is 1. The van der Waals surface area contributed by atoms with Crippen LogP contribution in [0.2, 0.25) is 0 Å². The highest BCUT2D eigenvalue weighted by Gasteiger charge is 2.14. The van der Waals surface area contributed by atoms with Gasteiger partial charge in [-0.3, -0.25) is 4.79 Å². The average Bonchev–Trinajstić information content (AvgIpc) is 2.34. The number of rotatable bonds is 3. The number of halogens is 1. The number of nitrogens with one attached hydrogen (secondary N) is 1. The standard InChI is InChI=1S/C16H21FN2O/c1-16(2,3)8-10-19-15(20)13-7-6-12(5-4-9-18)11-14(13)17/h6-7,11H,8-10,18H2,1-3H3,(H,19,20). The highest BCUT2D eigenvalue weighted by atomic mass is 19.1. The van der Waals surface area contributed by atoms with E-state index in [1.54, 1.807) is 6.07 Å². The number of hydrogen-bond acceptors (Lipinski definition) is 2. The molecule has 0 saturated heterocycles. The molecule has 0 heterocycles. The molecular formula is C16H21FN2O. The molecule has 0 spiro atoms. The fraction of sp³-hybridized carbons (Fsp3) is 0.438. The summed E-state index contributed by atoms with van der Waals surface area (Å²) in [5.41, 5.74) is 5.94. The molecule has 1 rings (SSSR count). The zero-order valence-corrected chi connectivity index (χ0v) is 12.2. The highest BCUT2D eigenvalue weighted by molar-refractivity contribution is 5.94. The van der Waals surface area contributed by atoms with Crippen LogP contribution in [0.5, 0.6) is 0 Å². The van der Waals surface area contributed by atoms with Gasteiger partial charge in [0.2, 0.25) is 0 Å². The lowest BCUT2D eigenvalue weighted by Gasteiger charge is -2.18. The Morgan fingerprint density at radius 1 is 1.40 bits per heavy atom. The second-order valence-corrected chi connectivity index (χ2v) is 5.77. The van der Waals surface area contributed by atoms with Crippen LogP contribution < -0.4 is 11.1 Å². The van der Waals surface area contributed by atoms with Crippen LogP contribution in [0.1, 0.15) is 43.1 Å². The summed E-state index contributed by atoms with van der Waals surface area (Å²) in [5, 5.41) is 2.72. The van der Waals surface area contributed by atoms with Crippen molar-refractivity contribution in [3.8, 4) is 11.8 Å². The summed E-state index contributed by atoms with van der Waals surface area (Å²) in [6, 6.07) is 4.31. The average molecular weight is 276 g/mol. The van der Waals surface area contributed by atoms with Crippen molar-refractivity contribution in [3.63, 3.8) is 0 Å². The van der Waals surface area contributed by atoms with Gasteiger partial charge in [-0.15, -0.1) is 0 Å². The number of carbonyl (C=O) groups excluding carboxylic acids is 1. The highest BCUT2D eigenvalue weighted by Crippen LogP contribution is 2.17. The number of benzene rings is 1. The normalized spacial score (nSPS) is 10.7. The molecule has 1 aromatic carbocycles. The Kier molecular flexibility index (Phi) is 5.72. The van der Waals surface area contributed by atoms with E-state index in [1.165, 1.54) is 12.1 Å². The topological polar surface area (TPSA) is 55.1 Å². The minimum Gasteiger partial charge on any atom is -0.352 e. The Morgan fingerprint density at radius 2 is 2.10 bits per heavy atom. The van der Waals surface area contributed by atoms with Crippen molar-refractivity contribution in [2.45, 2.75) is 27.2 Å². The van der Waals surface area contributed by atoms with E-state index in [4.69, 9.17) is 5.73 Å². The molecule has 3 N–H and O–H groups in total. The van der Waals surface area contributed by atoms with Crippen molar-refractivity contribution in [3.05, 3.63) is 35.1 Å². The molecule has 1 amide bonds. The van der Waals surface area contributed by atoms with Crippen molar-refractivity contribution in [1.82, 2.24) is 5.32 Å². The van der Waals surface area contributed by atoms with Crippen LogP contribution >= 0.6 is 0 Å². The van der Waals surface area contributed by atoms with Crippen molar-refractivity contribution < 1.29 is 9.18 Å². The fourth-order valence-electron chi connectivity index (χ4n) is 1.58. The van der Waals surface area contributed by atoms with Crippen molar-refractivity contribution in [1.29, 1.82) is 0 Å². The van der Waals surface area contributed by atoms with Gasteiger partial charge in [-0.25, -0.2) is 4.39 Å². The van der Waals surface area contributed by atoms with E-state index >= 15 is 0 Å². The van der Waals surface area contributed by atoms with Crippen LogP contribution in [0.25, 0.3) is 0 Å². The van der Waals surface area contributed by atoms with Gasteiger partial charge in [0.1, 0.15) is 5.82 Å². The van der Waals surface area contributed by atoms with Crippen LogP contribution in [-0.4, -0.2) is 19.0 Å². The molecule has 0 atom stereocenters. The van der Waals surface area contributed by atoms with Crippen molar-refractivity contribution >= 4 is 5.91 Å². The molecule has 0 bridgehead atoms. The Balaban J connectivity index is 2.69. The quantitative estimate of drug-likeness (QED) is 0.832. The van der Waals surface area contributed by atoms with Crippen LogP contribution in [0, 0.1) is 23.1 Å². The van der Waals surface area contributed by atoms with E-state index in [9.17, 15) is 9.18 Å². The van der Waals surface area contributed by atoms with Crippen molar-refractivity contribution in [2.24, 2.45) is 11.1 Å². The third-order valence-electron chi connectivity index (χ3n) is 2.71. The number of nitrogens with two attached hydrogens (primary N) is 1. The second-order valence-electron chi connectivity index (χ2n) is 5.77. The first-order valence-electron chi connectivity index (χ1n) is 6.60. The molecular weight excluding hydrogens is 255 g/mol. The molecule has 108 valence electrons. The van der Waals surface area contributed by atoms with Crippen molar-refractivity contribution in [2.75, 3.05) is 13.1 Å². The Bertz CT molecular complexity index is 536. The van der Waals surface area contributed by atoms with Crippen LogP contribution in [0.4, 0.5) is 4.39 Å². The predicted octanol–water partition coefficient (Wildman–Crippen LogP) is 2.30. The smallest absolute Gasteiger partial charge is 0.254 e. The molecule has 0 aliphatic rings. The van der Waals surface area contributed by atoms with E-state index < -0.39 is 11.7 Å². The fourth-order valence-corrected chi connectivity index (χ4v) is 1.58. The summed E-state index contributed by atoms with van der Waals surface area (Å²) in [7, 11) is 0. The maximum Gasteiger partial charge on any atom is 0.254 e. The maximum absolute atomic E-state index is 13.8. The lowest BCUT2D eigenvalue weighted by atomic mass is 9.92. The zero-order valence-electron chi connectivity index (χ0n) is 12.2. The minimum atomic E-state index is -0.568. The third-order valence-corrected chi connectivity index (χ3v) is 2.71. The first-order valence-corrected chi connectivity index (χ1v) is 6.60. The van der Waals surface area contributed by atoms with Gasteiger partial charge >= 0.3 is 0 Å². The minimum absolute atomic E-state index is 0.0391. The lowest BCUT2D eigenvalue weighted by Crippen LogP contribution is -2.28. The lowest BCUT2D eigenvalue weighted by molar-refractivity contribution is 0.0945. The monoisotopic (exact) mass is 276 g/mol. The van der Waals surface area contributed by atoms with Gasteiger partial charge in [0.05, 0.1) is 12.1 Å². The van der Waals surface area contributed by atoms with Gasteiger partial charge in [0.25, 0.3) is 5.91 Å². The van der Waals surface area contributed by atoms with Gasteiger partial charge in [-0.05, 0) is 30.0 Å². The molecule has 20 heavy (non-hydrogen) atoms. The molecule has 0 unspecified atom stereocenters. The molecule has 1 aromatic rings. The van der Waals surface area contributed by atoms with E-state index in [-0.39, 0.29) is 17.5 Å². The molecule has 0 aromatic heterocycles. The molecule has 0 radical (unpaired) electrons. The molecule has 0 aliphatic carbocycles. The van der Waals surface area contributed by atoms with Gasteiger partial charge in [0, 0.05) is 12.1 Å². The van der Waals surface area contributed by atoms with Gasteiger partial charge in [-0.1, -0.05) is 32.6 Å². The summed E-state index contributed by atoms with van der Waals surface area (Å²) < 4.78 is 13.8. The van der Waals surface area contributed by atoms with E-state index in [0.717, 1.165) is 6.42 Å². The molecule has 4 heteroatoms. The van der Waals surface area contributed by atoms with E-state index in [1.807, 2.05) is 0 Å². The van der Waals surface area contributed by atoms with Crippen LogP contribution in [-0.2, 0) is 0 Å². The first-order chi connectivity index (χ1) is 9.33. The summed E-state index contributed by atoms with van der Waals surface area (Å²) in [6.07, 6.45) is 0.834. The third kappa shape index (κ3) is 5.41. The SMILES string of the molecule is CC(C)(C)CCNC(=O)c1ccc(C#CCN)cc1F. The Hall–Kier alpha value is -1.86. The van der Waals surface area contributed by atoms with E-state index in [2.05, 4.69) is 37.9 Å². The van der Waals surface area contributed by atoms with Gasteiger partial charge in [0.15, 0.2) is 0 Å². The summed E-state index contributed by atoms with van der Waals surface area (Å²) in [4.78, 5) is 11.9.